The number of anilines is 1. The maximum Gasteiger partial charge on any atom is 0.147 e. The van der Waals surface area contributed by atoms with Gasteiger partial charge < -0.3 is 14.5 Å². The maximum absolute atomic E-state index is 6.30. The molecule has 0 radical (unpaired) electrons. The molecule has 0 atom stereocenters. The van der Waals surface area contributed by atoms with Gasteiger partial charge in [0, 0.05) is 48.5 Å². The molecule has 0 spiro atoms. The summed E-state index contributed by atoms with van der Waals surface area (Å²) in [5, 5.41) is 2.35. The van der Waals surface area contributed by atoms with Gasteiger partial charge in [0.15, 0.2) is 0 Å². The highest BCUT2D eigenvalue weighted by Gasteiger charge is 2.17. The Labute approximate surface area is 211 Å². The van der Waals surface area contributed by atoms with E-state index < -0.39 is 0 Å². The van der Waals surface area contributed by atoms with Crippen molar-refractivity contribution in [2.75, 3.05) is 18.6 Å². The highest BCUT2D eigenvalue weighted by atomic mass is 16.5. The quantitative estimate of drug-likeness (QED) is 0.285. The summed E-state index contributed by atoms with van der Waals surface area (Å²) in [6, 6.07) is 21.0. The van der Waals surface area contributed by atoms with Crippen LogP contribution in [0.2, 0.25) is 0 Å². The first-order valence-electron chi connectivity index (χ1n) is 12.1. The summed E-state index contributed by atoms with van der Waals surface area (Å²) < 4.78 is 8.52. The minimum absolute atomic E-state index is 0.0518. The van der Waals surface area contributed by atoms with E-state index in [-0.39, 0.29) is 5.41 Å². The van der Waals surface area contributed by atoms with Gasteiger partial charge in [0.25, 0.3) is 0 Å². The highest BCUT2D eigenvalue weighted by Crippen LogP contribution is 2.35. The average Bonchev–Trinajstić information content (AvgIpc) is 3.45. The van der Waals surface area contributed by atoms with Crippen molar-refractivity contribution in [2.24, 2.45) is 0 Å². The molecular formula is C30H29N5O. The molecular weight excluding hydrogens is 446 g/mol. The molecule has 6 nitrogen and oxygen atoms in total. The number of rotatable bonds is 4. The third kappa shape index (κ3) is 3.94. The van der Waals surface area contributed by atoms with Crippen LogP contribution in [0.4, 0.5) is 5.69 Å². The van der Waals surface area contributed by atoms with Crippen LogP contribution >= 0.6 is 0 Å². The second kappa shape index (κ2) is 8.41. The van der Waals surface area contributed by atoms with E-state index >= 15 is 0 Å². The zero-order valence-corrected chi connectivity index (χ0v) is 21.0. The Kier molecular flexibility index (Phi) is 5.18. The molecule has 5 aromatic rings. The molecule has 0 saturated heterocycles. The Balaban J connectivity index is 1.41. The largest absolute Gasteiger partial charge is 0.456 e. The summed E-state index contributed by atoms with van der Waals surface area (Å²) in [6.45, 7) is 7.40. The lowest BCUT2D eigenvalue weighted by molar-refractivity contribution is 0.479. The molecule has 0 N–H and O–H groups in total. The van der Waals surface area contributed by atoms with Crippen LogP contribution in [0.15, 0.2) is 91.7 Å². The lowest BCUT2D eigenvalue weighted by atomic mass is 9.88. The standard InChI is InChI=1S/C30H29N5O/c1-30(2,3)21-9-12-29(32-17-21)35-27-8-6-5-7-25(27)26-11-10-23(16-28(26)35)36-24-15-22(18-31-19-24)34-14-13-33(4)20-34/h5-19H,20H2,1-4H3. The van der Waals surface area contributed by atoms with Gasteiger partial charge in [-0.15, -0.1) is 0 Å². The first-order chi connectivity index (χ1) is 17.4. The summed E-state index contributed by atoms with van der Waals surface area (Å²) in [5.74, 6) is 2.34. The summed E-state index contributed by atoms with van der Waals surface area (Å²) in [4.78, 5) is 13.5. The van der Waals surface area contributed by atoms with Gasteiger partial charge in [-0.3, -0.25) is 9.55 Å². The molecule has 0 unspecified atom stereocenters. The molecule has 4 heterocycles. The summed E-state index contributed by atoms with van der Waals surface area (Å²) in [6.07, 6.45) is 9.67. The number of para-hydroxylation sites is 1. The molecule has 2 aromatic carbocycles. The number of aromatic nitrogens is 3. The first kappa shape index (κ1) is 22.2. The van der Waals surface area contributed by atoms with E-state index in [1.807, 2.05) is 44.0 Å². The van der Waals surface area contributed by atoms with Crippen LogP contribution in [0.1, 0.15) is 26.3 Å². The Morgan fingerprint density at radius 3 is 2.39 bits per heavy atom. The molecule has 1 aliphatic heterocycles. The summed E-state index contributed by atoms with van der Waals surface area (Å²) >= 11 is 0. The third-order valence-corrected chi connectivity index (χ3v) is 6.63. The first-order valence-corrected chi connectivity index (χ1v) is 12.1. The number of nitrogens with zero attached hydrogens (tertiary/aromatic N) is 5. The fourth-order valence-corrected chi connectivity index (χ4v) is 4.68. The van der Waals surface area contributed by atoms with Gasteiger partial charge >= 0.3 is 0 Å². The van der Waals surface area contributed by atoms with E-state index in [2.05, 4.69) is 88.7 Å². The molecule has 0 fully saturated rings. The molecule has 0 bridgehead atoms. The lowest BCUT2D eigenvalue weighted by Gasteiger charge is -2.19. The van der Waals surface area contributed by atoms with Gasteiger partial charge in [0.2, 0.25) is 0 Å². The zero-order valence-electron chi connectivity index (χ0n) is 21.0. The smallest absolute Gasteiger partial charge is 0.147 e. The summed E-state index contributed by atoms with van der Waals surface area (Å²) in [7, 11) is 2.05. The van der Waals surface area contributed by atoms with E-state index in [0.29, 0.717) is 5.75 Å². The van der Waals surface area contributed by atoms with Crippen LogP contribution in [0.25, 0.3) is 27.6 Å². The van der Waals surface area contributed by atoms with Crippen LogP contribution in [0.5, 0.6) is 11.5 Å². The van der Waals surface area contributed by atoms with Crippen molar-refractivity contribution in [1.29, 1.82) is 0 Å². The highest BCUT2D eigenvalue weighted by molar-refractivity contribution is 6.09. The second-order valence-corrected chi connectivity index (χ2v) is 10.3. The van der Waals surface area contributed by atoms with Crippen molar-refractivity contribution in [1.82, 2.24) is 19.4 Å². The van der Waals surface area contributed by atoms with E-state index in [0.717, 1.165) is 40.3 Å². The van der Waals surface area contributed by atoms with E-state index in [9.17, 15) is 0 Å². The van der Waals surface area contributed by atoms with Gasteiger partial charge in [0.05, 0.1) is 35.8 Å². The van der Waals surface area contributed by atoms with Crippen LogP contribution in [0.3, 0.4) is 0 Å². The molecule has 6 rings (SSSR count). The maximum atomic E-state index is 6.30. The van der Waals surface area contributed by atoms with Crippen molar-refractivity contribution in [3.63, 3.8) is 0 Å². The van der Waals surface area contributed by atoms with Gasteiger partial charge in [-0.2, -0.15) is 0 Å². The minimum Gasteiger partial charge on any atom is -0.456 e. The normalized spacial score (nSPS) is 13.8. The number of hydrogen-bond acceptors (Lipinski definition) is 5. The third-order valence-electron chi connectivity index (χ3n) is 6.63. The van der Waals surface area contributed by atoms with Crippen LogP contribution in [0, 0.1) is 0 Å². The predicted molar refractivity (Wildman–Crippen MR) is 146 cm³/mol. The number of ether oxygens (including phenoxy) is 1. The van der Waals surface area contributed by atoms with Gasteiger partial charge in [-0.1, -0.05) is 45.0 Å². The number of fused-ring (bicyclic) bond motifs is 3. The van der Waals surface area contributed by atoms with E-state index in [1.165, 1.54) is 10.9 Å². The fourth-order valence-electron chi connectivity index (χ4n) is 4.68. The monoisotopic (exact) mass is 475 g/mol. The second-order valence-electron chi connectivity index (χ2n) is 10.3. The topological polar surface area (TPSA) is 46.4 Å². The Morgan fingerprint density at radius 2 is 1.64 bits per heavy atom. The Bertz CT molecular complexity index is 1590. The molecule has 0 amide bonds. The molecule has 180 valence electrons. The Hall–Kier alpha value is -4.32. The molecule has 0 aliphatic carbocycles. The van der Waals surface area contributed by atoms with Crippen molar-refractivity contribution < 1.29 is 4.74 Å². The van der Waals surface area contributed by atoms with E-state index in [1.54, 1.807) is 6.20 Å². The predicted octanol–water partition coefficient (Wildman–Crippen LogP) is 6.84. The average molecular weight is 476 g/mol. The van der Waals surface area contributed by atoms with Crippen molar-refractivity contribution in [3.8, 4) is 17.3 Å². The SMILES string of the molecule is CN1C=CN(c2cncc(Oc3ccc4c5ccccc5n(-c5ccc(C(C)(C)C)cn5)c4c3)c2)C1. The van der Waals surface area contributed by atoms with E-state index in [4.69, 9.17) is 9.72 Å². The van der Waals surface area contributed by atoms with Crippen molar-refractivity contribution >= 4 is 27.5 Å². The van der Waals surface area contributed by atoms with Gasteiger partial charge in [-0.25, -0.2) is 4.98 Å². The summed E-state index contributed by atoms with van der Waals surface area (Å²) in [5.41, 5.74) is 4.43. The molecule has 6 heteroatoms. The molecule has 1 aliphatic rings. The fraction of sp³-hybridized carbons (Fsp3) is 0.200. The molecule has 36 heavy (non-hydrogen) atoms. The molecule has 3 aromatic heterocycles. The van der Waals surface area contributed by atoms with Crippen LogP contribution in [-0.4, -0.2) is 33.2 Å². The number of pyridine rings is 2. The van der Waals surface area contributed by atoms with Crippen molar-refractivity contribution in [3.05, 3.63) is 97.2 Å². The molecule has 0 saturated carbocycles. The number of hydrogen-bond donors (Lipinski definition) is 0. The lowest BCUT2D eigenvalue weighted by Crippen LogP contribution is -2.21. The van der Waals surface area contributed by atoms with Crippen molar-refractivity contribution in [2.45, 2.75) is 26.2 Å². The van der Waals surface area contributed by atoms with Crippen LogP contribution < -0.4 is 9.64 Å². The zero-order chi connectivity index (χ0) is 24.9. The van der Waals surface area contributed by atoms with Gasteiger partial charge in [0.1, 0.15) is 17.3 Å². The van der Waals surface area contributed by atoms with Gasteiger partial charge in [-0.05, 0) is 35.2 Å². The Morgan fingerprint density at radius 1 is 0.806 bits per heavy atom. The number of benzene rings is 2. The minimum atomic E-state index is 0.0518. The van der Waals surface area contributed by atoms with Crippen LogP contribution in [-0.2, 0) is 5.41 Å².